The van der Waals surface area contributed by atoms with Crippen LogP contribution < -0.4 is 15.1 Å². The first-order valence-electron chi connectivity index (χ1n) is 0.707. The van der Waals surface area contributed by atoms with E-state index in [1.54, 1.807) is 0 Å². The smallest absolute Gasteiger partial charge is 0.907 e. The fraction of sp³-hybridized carbons (Fsp3) is 0. The topological polar surface area (TPSA) is 69.2 Å². The minimum absolute atomic E-state index is 0. The molecule has 0 rings (SSSR count). The van der Waals surface area contributed by atoms with Crippen LogP contribution in [0.15, 0.2) is 0 Å². The molecule has 24 valence electrons. The van der Waals surface area contributed by atoms with Gasteiger partial charge in [-0.25, -0.2) is 0 Å². The van der Waals surface area contributed by atoms with Gasteiger partial charge in [0.1, 0.15) is 0 Å². The summed E-state index contributed by atoms with van der Waals surface area (Å²) in [4.78, 5) is 0. The summed E-state index contributed by atoms with van der Waals surface area (Å²) in [5.41, 5.74) is 0. The molecule has 0 aromatic rings. The predicted molar refractivity (Wildman–Crippen MR) is 5.75 cm³/mol. The quantitative estimate of drug-likeness (QED) is 0.403. The van der Waals surface area contributed by atoms with Crippen molar-refractivity contribution in [1.29, 1.82) is 0 Å². The van der Waals surface area contributed by atoms with Crippen LogP contribution in [-0.4, -0.2) is 7.32 Å². The molecule has 0 amide bonds. The van der Waals surface area contributed by atoms with Gasteiger partial charge in [0.2, 0.25) is 0 Å². The van der Waals surface area contributed by atoms with E-state index in [4.69, 9.17) is 15.1 Å². The molecule has 0 aliphatic heterocycles. The maximum Gasteiger partial charge on any atom is 2.00 e. The Hall–Kier alpha value is 1.49. The van der Waals surface area contributed by atoms with Crippen molar-refractivity contribution in [3.05, 3.63) is 0 Å². The predicted octanol–water partition coefficient (Wildman–Crippen LogP) is -3.95. The van der Waals surface area contributed by atoms with Gasteiger partial charge in [-0.15, -0.1) is 0 Å². The van der Waals surface area contributed by atoms with Crippen molar-refractivity contribution >= 4 is 7.32 Å². The van der Waals surface area contributed by atoms with Gasteiger partial charge in [-0.1, -0.05) is 0 Å². The van der Waals surface area contributed by atoms with Crippen molar-refractivity contribution in [2.24, 2.45) is 0 Å². The Morgan fingerprint density at radius 2 is 1.00 bits per heavy atom. The van der Waals surface area contributed by atoms with Crippen LogP contribution in [0.4, 0.5) is 0 Å². The van der Waals surface area contributed by atoms with Crippen LogP contribution in [0.25, 0.3) is 0 Å². The zero-order valence-electron chi connectivity index (χ0n) is 3.22. The summed E-state index contributed by atoms with van der Waals surface area (Å²) in [6.07, 6.45) is 0. The molecular weight excluding hydrogens is 237 g/mol. The second kappa shape index (κ2) is 9.70. The SMILES string of the molecule is [Cd+2].[O-]B([O-])[O-].[Zn+2]. The third-order valence-electron chi connectivity index (χ3n) is 0. The van der Waals surface area contributed by atoms with E-state index in [1.807, 2.05) is 0 Å². The first-order chi connectivity index (χ1) is 1.73. The van der Waals surface area contributed by atoms with Crippen molar-refractivity contribution in [1.82, 2.24) is 0 Å². The van der Waals surface area contributed by atoms with E-state index in [9.17, 15) is 0 Å². The Balaban J connectivity index is -0.0000000450. The standard InChI is InChI=1S/BO3.Cd.Zn/c2-1(3)4;;/q-3;2*+2. The molecule has 0 aromatic carbocycles. The fourth-order valence-electron chi connectivity index (χ4n) is 0. The molecule has 0 heterocycles. The van der Waals surface area contributed by atoms with E-state index in [0.29, 0.717) is 0 Å². The second-order valence-corrected chi connectivity index (χ2v) is 0.289. The summed E-state index contributed by atoms with van der Waals surface area (Å²) in [5.74, 6) is 0. The zero-order valence-corrected chi connectivity index (χ0v) is 10.2. The third-order valence-corrected chi connectivity index (χ3v) is 0. The minimum Gasteiger partial charge on any atom is -0.907 e. The van der Waals surface area contributed by atoms with Gasteiger partial charge in [0.15, 0.2) is 0 Å². The van der Waals surface area contributed by atoms with E-state index < -0.39 is 7.32 Å². The summed E-state index contributed by atoms with van der Waals surface area (Å²) < 4.78 is 0. The number of hydrogen-bond acceptors (Lipinski definition) is 3. The Kier molecular flexibility index (Phi) is 25.3. The van der Waals surface area contributed by atoms with Crippen LogP contribution in [0.5, 0.6) is 0 Å². The number of rotatable bonds is 0. The van der Waals surface area contributed by atoms with Crippen LogP contribution >= 0.6 is 0 Å². The summed E-state index contributed by atoms with van der Waals surface area (Å²) >= 11 is 0. The van der Waals surface area contributed by atoms with Crippen LogP contribution in [0.1, 0.15) is 0 Å². The molecule has 0 N–H and O–H groups in total. The second-order valence-electron chi connectivity index (χ2n) is 0.289. The van der Waals surface area contributed by atoms with Crippen LogP contribution in [-0.2, 0) is 46.8 Å². The Labute approximate surface area is 68.9 Å². The van der Waals surface area contributed by atoms with E-state index in [2.05, 4.69) is 0 Å². The van der Waals surface area contributed by atoms with Gasteiger partial charge in [-0.3, -0.25) is 7.32 Å². The molecule has 3 nitrogen and oxygen atoms in total. The monoisotopic (exact) mass is 237 g/mol. The maximum absolute atomic E-state index is 8.42. The summed E-state index contributed by atoms with van der Waals surface area (Å²) in [6, 6.07) is 0. The number of hydrogen-bond donors (Lipinski definition) is 0. The van der Waals surface area contributed by atoms with Gasteiger partial charge < -0.3 is 15.1 Å². The Morgan fingerprint density at radius 1 is 1.00 bits per heavy atom. The zero-order chi connectivity index (χ0) is 3.58. The average Bonchev–Trinajstić information content (AvgIpc) is 0.811. The van der Waals surface area contributed by atoms with Gasteiger partial charge in [-0.2, -0.15) is 0 Å². The molecule has 0 radical (unpaired) electrons. The van der Waals surface area contributed by atoms with Gasteiger partial charge >= 0.3 is 46.8 Å². The molecule has 0 atom stereocenters. The van der Waals surface area contributed by atoms with E-state index >= 15 is 0 Å². The largest absolute Gasteiger partial charge is 2.00 e. The molecule has 0 aromatic heterocycles. The first-order valence-corrected chi connectivity index (χ1v) is 0.707. The molecule has 0 fully saturated rings. The van der Waals surface area contributed by atoms with Crippen LogP contribution in [0.2, 0.25) is 0 Å². The normalized spacial score (nSPS) is 4.50. The molecule has 0 unspecified atom stereocenters. The Morgan fingerprint density at radius 3 is 1.00 bits per heavy atom. The van der Waals surface area contributed by atoms with Crippen molar-refractivity contribution < 1.29 is 61.8 Å². The van der Waals surface area contributed by atoms with E-state index in [1.165, 1.54) is 0 Å². The van der Waals surface area contributed by atoms with Crippen molar-refractivity contribution in [2.45, 2.75) is 0 Å². The Bertz CT molecular complexity index is 15.5. The molecule has 0 aliphatic rings. The molecule has 6 heteroatoms. The van der Waals surface area contributed by atoms with Crippen LogP contribution in [0.3, 0.4) is 0 Å². The fourth-order valence-corrected chi connectivity index (χ4v) is 0. The molecule has 0 bridgehead atoms. The van der Waals surface area contributed by atoms with Crippen LogP contribution in [0, 0.1) is 0 Å². The maximum atomic E-state index is 8.42. The van der Waals surface area contributed by atoms with E-state index in [-0.39, 0.29) is 46.8 Å². The van der Waals surface area contributed by atoms with Crippen molar-refractivity contribution in [3.63, 3.8) is 0 Å². The molecule has 0 saturated heterocycles. The molecular formula is BCdO3Zn+. The summed E-state index contributed by atoms with van der Waals surface area (Å²) in [7, 11) is -2.92. The molecule has 0 aliphatic carbocycles. The van der Waals surface area contributed by atoms with Gasteiger partial charge in [0, 0.05) is 0 Å². The van der Waals surface area contributed by atoms with E-state index in [0.717, 1.165) is 0 Å². The summed E-state index contributed by atoms with van der Waals surface area (Å²) in [5, 5.41) is 25.2. The first kappa shape index (κ1) is 15.6. The van der Waals surface area contributed by atoms with Gasteiger partial charge in [0.05, 0.1) is 0 Å². The average molecular weight is 237 g/mol. The molecule has 0 saturated carbocycles. The van der Waals surface area contributed by atoms with Gasteiger partial charge in [0.25, 0.3) is 0 Å². The van der Waals surface area contributed by atoms with Crippen molar-refractivity contribution in [2.75, 3.05) is 0 Å². The molecule has 0 spiro atoms. The third kappa shape index (κ3) is 49.8. The summed E-state index contributed by atoms with van der Waals surface area (Å²) in [6.45, 7) is 0. The van der Waals surface area contributed by atoms with Crippen molar-refractivity contribution in [3.8, 4) is 0 Å². The minimum atomic E-state index is -2.92. The van der Waals surface area contributed by atoms with Gasteiger partial charge in [-0.05, 0) is 0 Å². The molecule has 6 heavy (non-hydrogen) atoms.